The van der Waals surface area contributed by atoms with Gasteiger partial charge in [0.15, 0.2) is 0 Å². The molecule has 0 unspecified atom stereocenters. The lowest BCUT2D eigenvalue weighted by molar-refractivity contribution is 0.223. The lowest BCUT2D eigenvalue weighted by Crippen LogP contribution is -2.39. The van der Waals surface area contributed by atoms with Crippen molar-refractivity contribution in [2.24, 2.45) is 0 Å². The van der Waals surface area contributed by atoms with Crippen LogP contribution in [0.25, 0.3) is 0 Å². The predicted octanol–water partition coefficient (Wildman–Crippen LogP) is 1.57. The van der Waals surface area contributed by atoms with E-state index < -0.39 is 0 Å². The molecule has 0 amide bonds. The Morgan fingerprint density at radius 2 is 1.75 bits per heavy atom. The maximum Gasteiger partial charge on any atom is 0.0402 e. The second-order valence-corrected chi connectivity index (χ2v) is 3.11. The second-order valence-electron chi connectivity index (χ2n) is 2.84. The number of alkyl halides is 1. The van der Waals surface area contributed by atoms with Gasteiger partial charge in [0.25, 0.3) is 0 Å². The molecular weight excluding hydrogens is 122 g/mol. The molecule has 0 saturated heterocycles. The van der Waals surface area contributed by atoms with E-state index in [1.54, 1.807) is 0 Å². The van der Waals surface area contributed by atoms with Crippen LogP contribution in [0, 0.1) is 0 Å². The van der Waals surface area contributed by atoms with Gasteiger partial charge in [-0.1, -0.05) is 0 Å². The summed E-state index contributed by atoms with van der Waals surface area (Å²) < 4.78 is 0. The average Bonchev–Trinajstić information content (AvgIpc) is 1.67. The van der Waals surface area contributed by atoms with Crippen molar-refractivity contribution < 1.29 is 0 Å². The molecular formula is C6H14ClN. The van der Waals surface area contributed by atoms with Crippen LogP contribution < -0.4 is 0 Å². The topological polar surface area (TPSA) is 3.24 Å². The minimum absolute atomic E-state index is 0.140. The summed E-state index contributed by atoms with van der Waals surface area (Å²) in [6.07, 6.45) is 0. The van der Waals surface area contributed by atoms with Crippen molar-refractivity contribution in [3.8, 4) is 0 Å². The smallest absolute Gasteiger partial charge is 0.0402 e. The molecule has 0 aliphatic heterocycles. The van der Waals surface area contributed by atoms with Crippen LogP contribution in [0.5, 0.6) is 0 Å². The fourth-order valence-corrected chi connectivity index (χ4v) is 0.359. The summed E-state index contributed by atoms with van der Waals surface area (Å²) in [5, 5.41) is 0. The highest BCUT2D eigenvalue weighted by molar-refractivity contribution is 6.18. The molecule has 0 N–H and O–H groups in total. The fourth-order valence-electron chi connectivity index (χ4n) is 0.120. The first-order chi connectivity index (χ1) is 3.50. The van der Waals surface area contributed by atoms with Crippen molar-refractivity contribution in [2.45, 2.75) is 19.4 Å². The Balaban J connectivity index is 3.71. The highest BCUT2D eigenvalue weighted by Gasteiger charge is 2.17. The standard InChI is InChI=1S/C6H14ClN/c1-6(2,5-7)8(3)4/h5H2,1-4H3. The Morgan fingerprint density at radius 3 is 1.75 bits per heavy atom. The van der Waals surface area contributed by atoms with Gasteiger partial charge in [0.05, 0.1) is 0 Å². The zero-order chi connectivity index (χ0) is 6.78. The van der Waals surface area contributed by atoms with E-state index in [-0.39, 0.29) is 5.54 Å². The number of rotatable bonds is 2. The van der Waals surface area contributed by atoms with Crippen molar-refractivity contribution in [2.75, 3.05) is 20.0 Å². The molecule has 0 spiro atoms. The van der Waals surface area contributed by atoms with Gasteiger partial charge in [0, 0.05) is 11.4 Å². The largest absolute Gasteiger partial charge is 0.303 e. The summed E-state index contributed by atoms with van der Waals surface area (Å²) >= 11 is 5.65. The summed E-state index contributed by atoms with van der Waals surface area (Å²) in [4.78, 5) is 2.11. The predicted molar refractivity (Wildman–Crippen MR) is 38.5 cm³/mol. The molecule has 0 rings (SSSR count). The first-order valence-corrected chi connectivity index (χ1v) is 3.27. The highest BCUT2D eigenvalue weighted by Crippen LogP contribution is 2.10. The van der Waals surface area contributed by atoms with E-state index in [1.807, 2.05) is 14.1 Å². The first kappa shape index (κ1) is 8.25. The van der Waals surface area contributed by atoms with Gasteiger partial charge in [-0.3, -0.25) is 0 Å². The van der Waals surface area contributed by atoms with Crippen LogP contribution in [0.4, 0.5) is 0 Å². The lowest BCUT2D eigenvalue weighted by Gasteiger charge is -2.29. The van der Waals surface area contributed by atoms with Crippen LogP contribution in [0.2, 0.25) is 0 Å². The maximum absolute atomic E-state index is 5.65. The van der Waals surface area contributed by atoms with Gasteiger partial charge in [-0.15, -0.1) is 11.6 Å². The van der Waals surface area contributed by atoms with Crippen molar-refractivity contribution in [3.63, 3.8) is 0 Å². The molecule has 0 atom stereocenters. The maximum atomic E-state index is 5.65. The van der Waals surface area contributed by atoms with Crippen LogP contribution in [0.1, 0.15) is 13.8 Å². The highest BCUT2D eigenvalue weighted by atomic mass is 35.5. The number of nitrogens with zero attached hydrogens (tertiary/aromatic N) is 1. The molecule has 0 aliphatic carbocycles. The molecule has 0 radical (unpaired) electrons. The Bertz CT molecular complexity index is 68.9. The Morgan fingerprint density at radius 1 is 1.38 bits per heavy atom. The zero-order valence-corrected chi connectivity index (χ0v) is 6.79. The zero-order valence-electron chi connectivity index (χ0n) is 6.03. The van der Waals surface area contributed by atoms with Gasteiger partial charge >= 0.3 is 0 Å². The van der Waals surface area contributed by atoms with Crippen LogP contribution in [0.15, 0.2) is 0 Å². The van der Waals surface area contributed by atoms with E-state index >= 15 is 0 Å². The molecule has 0 bridgehead atoms. The van der Waals surface area contributed by atoms with Crippen LogP contribution >= 0.6 is 11.6 Å². The van der Waals surface area contributed by atoms with Gasteiger partial charge in [-0.05, 0) is 27.9 Å². The minimum atomic E-state index is 0.140. The first-order valence-electron chi connectivity index (χ1n) is 2.74. The van der Waals surface area contributed by atoms with E-state index in [0.29, 0.717) is 5.88 Å². The van der Waals surface area contributed by atoms with Gasteiger partial charge in [-0.25, -0.2) is 0 Å². The molecule has 0 aromatic rings. The second kappa shape index (κ2) is 2.70. The quantitative estimate of drug-likeness (QED) is 0.520. The summed E-state index contributed by atoms with van der Waals surface area (Å²) in [7, 11) is 4.06. The number of halogens is 1. The van der Waals surface area contributed by atoms with E-state index in [9.17, 15) is 0 Å². The van der Waals surface area contributed by atoms with E-state index in [4.69, 9.17) is 11.6 Å². The normalized spacial score (nSPS) is 12.8. The van der Waals surface area contributed by atoms with Gasteiger partial charge in [-0.2, -0.15) is 0 Å². The average molecular weight is 136 g/mol. The monoisotopic (exact) mass is 135 g/mol. The van der Waals surface area contributed by atoms with Crippen molar-refractivity contribution in [1.82, 2.24) is 4.90 Å². The minimum Gasteiger partial charge on any atom is -0.303 e. The SMILES string of the molecule is CN(C)C(C)(C)CCl. The van der Waals surface area contributed by atoms with Crippen LogP contribution in [-0.4, -0.2) is 30.4 Å². The molecule has 0 heterocycles. The molecule has 50 valence electrons. The molecule has 0 aromatic heterocycles. The molecule has 2 heteroatoms. The van der Waals surface area contributed by atoms with E-state index in [1.165, 1.54) is 0 Å². The van der Waals surface area contributed by atoms with Crippen LogP contribution in [-0.2, 0) is 0 Å². The molecule has 8 heavy (non-hydrogen) atoms. The van der Waals surface area contributed by atoms with Crippen molar-refractivity contribution in [3.05, 3.63) is 0 Å². The van der Waals surface area contributed by atoms with E-state index in [0.717, 1.165) is 0 Å². The molecule has 1 nitrogen and oxygen atoms in total. The van der Waals surface area contributed by atoms with Gasteiger partial charge in [0.2, 0.25) is 0 Å². The summed E-state index contributed by atoms with van der Waals surface area (Å²) in [6.45, 7) is 4.22. The van der Waals surface area contributed by atoms with Crippen molar-refractivity contribution >= 4 is 11.6 Å². The fraction of sp³-hybridized carbons (Fsp3) is 1.00. The number of hydrogen-bond acceptors (Lipinski definition) is 1. The third-order valence-corrected chi connectivity index (χ3v) is 2.19. The Labute approximate surface area is 56.6 Å². The summed E-state index contributed by atoms with van der Waals surface area (Å²) in [6, 6.07) is 0. The Kier molecular flexibility index (Phi) is 2.78. The third-order valence-electron chi connectivity index (χ3n) is 1.54. The summed E-state index contributed by atoms with van der Waals surface area (Å²) in [5.41, 5.74) is 0.140. The van der Waals surface area contributed by atoms with Gasteiger partial charge < -0.3 is 4.90 Å². The third kappa shape index (κ3) is 2.01. The molecule has 0 aliphatic rings. The van der Waals surface area contributed by atoms with Gasteiger partial charge in [0.1, 0.15) is 0 Å². The molecule has 0 fully saturated rings. The lowest BCUT2D eigenvalue weighted by atomic mass is 10.1. The van der Waals surface area contributed by atoms with E-state index in [2.05, 4.69) is 18.7 Å². The van der Waals surface area contributed by atoms with Crippen molar-refractivity contribution in [1.29, 1.82) is 0 Å². The van der Waals surface area contributed by atoms with Crippen LogP contribution in [0.3, 0.4) is 0 Å². The summed E-state index contributed by atoms with van der Waals surface area (Å²) in [5.74, 6) is 0.681. The number of hydrogen-bond donors (Lipinski definition) is 0. The molecule has 0 saturated carbocycles. The Hall–Kier alpha value is 0.250. The molecule has 0 aromatic carbocycles.